The van der Waals surface area contributed by atoms with E-state index in [1.807, 2.05) is 0 Å². The van der Waals surface area contributed by atoms with Gasteiger partial charge in [-0.05, 0) is 0 Å². The van der Waals surface area contributed by atoms with Crippen LogP contribution in [0.4, 0.5) is 0 Å². The number of imidazole rings is 1. The molecule has 2 aromatic rings. The zero-order valence-electron chi connectivity index (χ0n) is 7.14. The molecule has 2 heterocycles. The Morgan fingerprint density at radius 3 is 2.77 bits per heavy atom. The van der Waals surface area contributed by atoms with Gasteiger partial charge in [-0.15, -0.1) is 0 Å². The van der Waals surface area contributed by atoms with Gasteiger partial charge in [0.2, 0.25) is 0 Å². The maximum absolute atomic E-state index is 11.2. The quantitative estimate of drug-likeness (QED) is 0.534. The van der Waals surface area contributed by atoms with E-state index in [9.17, 15) is 9.59 Å². The van der Waals surface area contributed by atoms with E-state index in [0.717, 1.165) is 0 Å². The van der Waals surface area contributed by atoms with Gasteiger partial charge >= 0.3 is 11.4 Å². The van der Waals surface area contributed by atoms with Crippen molar-refractivity contribution < 1.29 is 4.42 Å². The second kappa shape index (κ2) is 2.32. The first-order valence-electron chi connectivity index (χ1n) is 3.62. The van der Waals surface area contributed by atoms with Crippen molar-refractivity contribution in [2.45, 2.75) is 0 Å². The highest BCUT2D eigenvalue weighted by Crippen LogP contribution is 2.01. The van der Waals surface area contributed by atoms with Gasteiger partial charge in [-0.2, -0.15) is 0 Å². The summed E-state index contributed by atoms with van der Waals surface area (Å²) in [5.41, 5.74) is -0.0241. The number of hydrogen-bond donors (Lipinski definition) is 0. The van der Waals surface area contributed by atoms with Gasteiger partial charge in [0, 0.05) is 14.1 Å². The molecule has 0 N–H and O–H groups in total. The van der Waals surface area contributed by atoms with Gasteiger partial charge in [0.1, 0.15) is 0 Å². The Labute approximate surface area is 72.0 Å². The highest BCUT2D eigenvalue weighted by atomic mass is 16.4. The average Bonchev–Trinajstić information content (AvgIpc) is 2.44. The predicted octanol–water partition coefficient (Wildman–Crippen LogP) is -0.775. The highest BCUT2D eigenvalue weighted by molar-refractivity contribution is 5.68. The molecule has 68 valence electrons. The van der Waals surface area contributed by atoms with E-state index in [1.54, 1.807) is 7.05 Å². The summed E-state index contributed by atoms with van der Waals surface area (Å²) in [6.45, 7) is 0. The molecule has 0 bridgehead atoms. The molecule has 0 aliphatic rings. The maximum Gasteiger partial charge on any atom is 0.423 e. The van der Waals surface area contributed by atoms with E-state index in [2.05, 4.69) is 9.40 Å². The summed E-state index contributed by atoms with van der Waals surface area (Å²) in [4.78, 5) is 26.1. The first kappa shape index (κ1) is 7.78. The van der Waals surface area contributed by atoms with Crippen LogP contribution in [0.2, 0.25) is 0 Å². The van der Waals surface area contributed by atoms with Crippen LogP contribution in [0, 0.1) is 0 Å². The Bertz CT molecular complexity index is 575. The fourth-order valence-electron chi connectivity index (χ4n) is 1.18. The number of rotatable bonds is 0. The number of hydrogen-bond acceptors (Lipinski definition) is 4. The molecular weight excluding hydrogens is 174 g/mol. The highest BCUT2D eigenvalue weighted by Gasteiger charge is 2.10. The Kier molecular flexibility index (Phi) is 1.39. The number of aromatic nitrogens is 3. The Morgan fingerprint density at radius 2 is 2.08 bits per heavy atom. The fourth-order valence-corrected chi connectivity index (χ4v) is 1.18. The van der Waals surface area contributed by atoms with Gasteiger partial charge in [0.05, 0.1) is 6.33 Å². The minimum Gasteiger partial charge on any atom is -0.371 e. The fraction of sp³-hybridized carbons (Fsp3) is 0.286. The molecule has 2 aromatic heterocycles. The van der Waals surface area contributed by atoms with Gasteiger partial charge in [0.25, 0.3) is 0 Å². The molecule has 6 nitrogen and oxygen atoms in total. The second-order valence-electron chi connectivity index (χ2n) is 2.74. The summed E-state index contributed by atoms with van der Waals surface area (Å²) in [7, 11) is 3.16. The van der Waals surface area contributed by atoms with Gasteiger partial charge < -0.3 is 8.98 Å². The molecule has 0 fully saturated rings. The van der Waals surface area contributed by atoms with Crippen LogP contribution >= 0.6 is 0 Å². The van der Waals surface area contributed by atoms with Crippen molar-refractivity contribution >= 4 is 11.2 Å². The van der Waals surface area contributed by atoms with E-state index in [4.69, 9.17) is 0 Å². The molecule has 0 radical (unpaired) electrons. The zero-order valence-corrected chi connectivity index (χ0v) is 7.14. The standard InChI is InChI=1S/C7H7N3O3/c1-9-3-8-5-4(9)6(11)13-7(12)10(5)2/h3H,1-2H3. The van der Waals surface area contributed by atoms with Crippen LogP contribution < -0.4 is 11.4 Å². The van der Waals surface area contributed by atoms with Crippen molar-refractivity contribution in [3.05, 3.63) is 27.3 Å². The molecule has 0 saturated heterocycles. The van der Waals surface area contributed by atoms with Gasteiger partial charge in [-0.25, -0.2) is 14.6 Å². The van der Waals surface area contributed by atoms with Gasteiger partial charge in [-0.3, -0.25) is 4.57 Å². The summed E-state index contributed by atoms with van der Waals surface area (Å²) in [6.07, 6.45) is 1.46. The van der Waals surface area contributed by atoms with Crippen molar-refractivity contribution in [1.29, 1.82) is 0 Å². The molecule has 13 heavy (non-hydrogen) atoms. The molecule has 2 rings (SSSR count). The van der Waals surface area contributed by atoms with Crippen molar-refractivity contribution in [2.24, 2.45) is 14.1 Å². The lowest BCUT2D eigenvalue weighted by Gasteiger charge is -1.95. The number of nitrogens with zero attached hydrogens (tertiary/aromatic N) is 3. The van der Waals surface area contributed by atoms with E-state index in [1.165, 1.54) is 22.5 Å². The summed E-state index contributed by atoms with van der Waals surface area (Å²) < 4.78 is 7.16. The lowest BCUT2D eigenvalue weighted by molar-refractivity contribution is 0.430. The van der Waals surface area contributed by atoms with Gasteiger partial charge in [0.15, 0.2) is 11.2 Å². The van der Waals surface area contributed by atoms with Gasteiger partial charge in [-0.1, -0.05) is 0 Å². The lowest BCUT2D eigenvalue weighted by Crippen LogP contribution is -2.23. The third-order valence-corrected chi connectivity index (χ3v) is 1.88. The van der Waals surface area contributed by atoms with Crippen molar-refractivity contribution in [3.63, 3.8) is 0 Å². The van der Waals surface area contributed by atoms with Crippen molar-refractivity contribution in [3.8, 4) is 0 Å². The molecule has 0 aliphatic heterocycles. The first-order valence-corrected chi connectivity index (χ1v) is 3.62. The molecular formula is C7H7N3O3. The molecule has 0 atom stereocenters. The SMILES string of the molecule is Cn1cnc2c1c(=O)oc(=O)n2C. The van der Waals surface area contributed by atoms with E-state index < -0.39 is 11.4 Å². The average molecular weight is 181 g/mol. The molecule has 0 spiro atoms. The smallest absolute Gasteiger partial charge is 0.371 e. The summed E-state index contributed by atoms with van der Waals surface area (Å²) in [6, 6.07) is 0. The Balaban J connectivity index is 3.18. The van der Waals surface area contributed by atoms with Crippen molar-refractivity contribution in [1.82, 2.24) is 14.1 Å². The van der Waals surface area contributed by atoms with Crippen LogP contribution in [0.3, 0.4) is 0 Å². The zero-order chi connectivity index (χ0) is 9.59. The number of aryl methyl sites for hydroxylation is 2. The summed E-state index contributed by atoms with van der Waals surface area (Å²) in [5, 5.41) is 0. The Hall–Kier alpha value is -1.85. The van der Waals surface area contributed by atoms with Crippen LogP contribution in [-0.2, 0) is 14.1 Å². The monoisotopic (exact) mass is 181 g/mol. The predicted molar refractivity (Wildman–Crippen MR) is 44.5 cm³/mol. The van der Waals surface area contributed by atoms with Crippen molar-refractivity contribution in [2.75, 3.05) is 0 Å². The largest absolute Gasteiger partial charge is 0.423 e. The first-order chi connectivity index (χ1) is 6.11. The minimum absolute atomic E-state index is 0.294. The van der Waals surface area contributed by atoms with E-state index in [0.29, 0.717) is 11.2 Å². The second-order valence-corrected chi connectivity index (χ2v) is 2.74. The number of fused-ring (bicyclic) bond motifs is 1. The Morgan fingerprint density at radius 1 is 1.38 bits per heavy atom. The third kappa shape index (κ3) is 0.915. The molecule has 6 heteroatoms. The summed E-state index contributed by atoms with van der Waals surface area (Å²) >= 11 is 0. The lowest BCUT2D eigenvalue weighted by atomic mass is 10.5. The van der Waals surface area contributed by atoms with Crippen LogP contribution in [0.25, 0.3) is 11.2 Å². The van der Waals surface area contributed by atoms with Crippen LogP contribution in [0.5, 0.6) is 0 Å². The molecule has 0 aromatic carbocycles. The normalized spacial score (nSPS) is 10.9. The molecule has 0 amide bonds. The van der Waals surface area contributed by atoms with Crippen LogP contribution in [0.1, 0.15) is 0 Å². The molecule has 0 saturated carbocycles. The topological polar surface area (TPSA) is 70.0 Å². The molecule has 0 unspecified atom stereocenters. The summed E-state index contributed by atoms with van der Waals surface area (Å²) in [5.74, 6) is -0.698. The maximum atomic E-state index is 11.2. The van der Waals surface area contributed by atoms with E-state index >= 15 is 0 Å². The third-order valence-electron chi connectivity index (χ3n) is 1.88. The van der Waals surface area contributed by atoms with Crippen LogP contribution in [-0.4, -0.2) is 14.1 Å². The molecule has 0 aliphatic carbocycles. The minimum atomic E-state index is -0.698. The van der Waals surface area contributed by atoms with Crippen LogP contribution in [0.15, 0.2) is 20.3 Å². The van der Waals surface area contributed by atoms with E-state index in [-0.39, 0.29) is 0 Å².